The maximum atomic E-state index is 11.7. The Morgan fingerprint density at radius 3 is 2.83 bits per heavy atom. The van der Waals surface area contributed by atoms with Gasteiger partial charge in [0.2, 0.25) is 0 Å². The molecule has 0 aliphatic carbocycles. The fourth-order valence-corrected chi connectivity index (χ4v) is 2.01. The molecule has 1 amide bonds. The predicted molar refractivity (Wildman–Crippen MR) is 75.7 cm³/mol. The maximum absolute atomic E-state index is 11.7. The minimum atomic E-state index is -0.0352. The second kappa shape index (κ2) is 7.38. The number of likely N-dealkylation sites (N-methyl/N-ethyl adjacent to an activating group) is 1. The van der Waals surface area contributed by atoms with Gasteiger partial charge in [0.15, 0.2) is 6.61 Å². The Morgan fingerprint density at radius 2 is 2.22 bits per heavy atom. The van der Waals surface area contributed by atoms with E-state index < -0.39 is 0 Å². The van der Waals surface area contributed by atoms with Crippen LogP contribution in [0.2, 0.25) is 0 Å². The molecule has 5 heteroatoms. The van der Waals surface area contributed by atoms with Gasteiger partial charge in [-0.15, -0.1) is 0 Å². The molecule has 0 saturated heterocycles. The van der Waals surface area contributed by atoms with E-state index in [-0.39, 0.29) is 12.5 Å². The SMILES string of the molecule is CCN(C)C(=O)COc1c(Br)cccc1CCN. The topological polar surface area (TPSA) is 55.6 Å². The quantitative estimate of drug-likeness (QED) is 0.871. The fourth-order valence-electron chi connectivity index (χ4n) is 1.49. The Bertz CT molecular complexity index is 410. The number of para-hydroxylation sites is 1. The molecule has 1 aromatic rings. The molecule has 0 saturated carbocycles. The lowest BCUT2D eigenvalue weighted by Crippen LogP contribution is -2.31. The molecule has 0 bridgehead atoms. The van der Waals surface area contributed by atoms with E-state index in [0.717, 1.165) is 16.5 Å². The first kappa shape index (κ1) is 15.0. The van der Waals surface area contributed by atoms with Crippen molar-refractivity contribution in [2.75, 3.05) is 26.7 Å². The van der Waals surface area contributed by atoms with Crippen LogP contribution in [0.1, 0.15) is 12.5 Å². The largest absolute Gasteiger partial charge is 0.482 e. The number of carbonyl (C=O) groups is 1. The summed E-state index contributed by atoms with van der Waals surface area (Å²) in [6, 6.07) is 5.78. The number of amides is 1. The lowest BCUT2D eigenvalue weighted by Gasteiger charge is -2.17. The molecule has 0 aliphatic heterocycles. The summed E-state index contributed by atoms with van der Waals surface area (Å²) in [5.41, 5.74) is 6.57. The molecule has 0 radical (unpaired) electrons. The van der Waals surface area contributed by atoms with E-state index >= 15 is 0 Å². The molecule has 1 aromatic carbocycles. The third-order valence-electron chi connectivity index (χ3n) is 2.70. The Balaban J connectivity index is 2.74. The molecular formula is C13H19BrN2O2. The highest BCUT2D eigenvalue weighted by Crippen LogP contribution is 2.29. The number of ether oxygens (including phenoxy) is 1. The van der Waals surface area contributed by atoms with Gasteiger partial charge < -0.3 is 15.4 Å². The van der Waals surface area contributed by atoms with Crippen molar-refractivity contribution in [3.8, 4) is 5.75 Å². The summed E-state index contributed by atoms with van der Waals surface area (Å²) < 4.78 is 6.46. The van der Waals surface area contributed by atoms with Crippen molar-refractivity contribution in [2.45, 2.75) is 13.3 Å². The molecule has 18 heavy (non-hydrogen) atoms. The van der Waals surface area contributed by atoms with E-state index in [1.165, 1.54) is 0 Å². The van der Waals surface area contributed by atoms with Crippen LogP contribution >= 0.6 is 15.9 Å². The zero-order valence-corrected chi connectivity index (χ0v) is 12.4. The summed E-state index contributed by atoms with van der Waals surface area (Å²) in [6.45, 7) is 3.20. The van der Waals surface area contributed by atoms with E-state index in [9.17, 15) is 4.79 Å². The molecule has 1 rings (SSSR count). The van der Waals surface area contributed by atoms with Crippen molar-refractivity contribution in [3.05, 3.63) is 28.2 Å². The molecule has 0 atom stereocenters. The first-order chi connectivity index (χ1) is 8.60. The zero-order chi connectivity index (χ0) is 13.5. The number of hydrogen-bond acceptors (Lipinski definition) is 3. The third kappa shape index (κ3) is 3.99. The van der Waals surface area contributed by atoms with Crippen LogP contribution in [-0.4, -0.2) is 37.6 Å². The van der Waals surface area contributed by atoms with Gasteiger partial charge in [0.25, 0.3) is 5.91 Å². The normalized spacial score (nSPS) is 10.2. The Hall–Kier alpha value is -1.07. The van der Waals surface area contributed by atoms with Gasteiger partial charge in [-0.25, -0.2) is 0 Å². The average Bonchev–Trinajstić information content (AvgIpc) is 2.37. The summed E-state index contributed by atoms with van der Waals surface area (Å²) in [4.78, 5) is 13.3. The zero-order valence-electron chi connectivity index (χ0n) is 10.8. The monoisotopic (exact) mass is 314 g/mol. The Morgan fingerprint density at radius 1 is 1.50 bits per heavy atom. The van der Waals surface area contributed by atoms with Crippen molar-refractivity contribution in [3.63, 3.8) is 0 Å². The van der Waals surface area contributed by atoms with Crippen molar-refractivity contribution in [1.29, 1.82) is 0 Å². The second-order valence-electron chi connectivity index (χ2n) is 3.96. The summed E-state index contributed by atoms with van der Waals surface area (Å²) in [5.74, 6) is 0.674. The average molecular weight is 315 g/mol. The van der Waals surface area contributed by atoms with E-state index in [1.807, 2.05) is 25.1 Å². The molecule has 0 spiro atoms. The van der Waals surface area contributed by atoms with Crippen LogP contribution in [0.4, 0.5) is 0 Å². The number of benzene rings is 1. The molecule has 0 aromatic heterocycles. The van der Waals surface area contributed by atoms with Gasteiger partial charge in [-0.3, -0.25) is 4.79 Å². The molecule has 4 nitrogen and oxygen atoms in total. The van der Waals surface area contributed by atoms with Gasteiger partial charge in [-0.05, 0) is 47.4 Å². The van der Waals surface area contributed by atoms with Crippen molar-refractivity contribution < 1.29 is 9.53 Å². The summed E-state index contributed by atoms with van der Waals surface area (Å²) in [6.07, 6.45) is 0.729. The number of rotatable bonds is 6. The number of hydrogen-bond donors (Lipinski definition) is 1. The van der Waals surface area contributed by atoms with Gasteiger partial charge in [-0.1, -0.05) is 12.1 Å². The molecule has 0 fully saturated rings. The molecule has 0 aliphatic rings. The minimum Gasteiger partial charge on any atom is -0.482 e. The van der Waals surface area contributed by atoms with E-state index in [2.05, 4.69) is 15.9 Å². The minimum absolute atomic E-state index is 0.0352. The van der Waals surface area contributed by atoms with Crippen LogP contribution in [-0.2, 0) is 11.2 Å². The number of halogens is 1. The summed E-state index contributed by atoms with van der Waals surface area (Å²) in [7, 11) is 1.76. The Labute approximate surface area is 116 Å². The molecule has 0 unspecified atom stereocenters. The van der Waals surface area contributed by atoms with Crippen LogP contribution in [0.15, 0.2) is 22.7 Å². The fraction of sp³-hybridized carbons (Fsp3) is 0.462. The molecule has 0 heterocycles. The first-order valence-electron chi connectivity index (χ1n) is 5.94. The van der Waals surface area contributed by atoms with Crippen LogP contribution in [0, 0.1) is 0 Å². The third-order valence-corrected chi connectivity index (χ3v) is 3.33. The summed E-state index contributed by atoms with van der Waals surface area (Å²) >= 11 is 3.43. The standard InChI is InChI=1S/C13H19BrN2O2/c1-3-16(2)12(17)9-18-13-10(7-8-15)5-4-6-11(13)14/h4-6H,3,7-9,15H2,1-2H3. The van der Waals surface area contributed by atoms with Crippen molar-refractivity contribution in [2.24, 2.45) is 5.73 Å². The van der Waals surface area contributed by atoms with Crippen LogP contribution < -0.4 is 10.5 Å². The lowest BCUT2D eigenvalue weighted by molar-refractivity contribution is -0.131. The lowest BCUT2D eigenvalue weighted by atomic mass is 10.1. The summed E-state index contributed by atoms with van der Waals surface area (Å²) in [5, 5.41) is 0. The first-order valence-corrected chi connectivity index (χ1v) is 6.73. The van der Waals surface area contributed by atoms with E-state index in [1.54, 1.807) is 11.9 Å². The van der Waals surface area contributed by atoms with E-state index in [0.29, 0.717) is 18.8 Å². The highest BCUT2D eigenvalue weighted by atomic mass is 79.9. The van der Waals surface area contributed by atoms with Crippen LogP contribution in [0.3, 0.4) is 0 Å². The highest BCUT2D eigenvalue weighted by molar-refractivity contribution is 9.10. The number of carbonyl (C=O) groups excluding carboxylic acids is 1. The Kier molecular flexibility index (Phi) is 6.15. The predicted octanol–water partition coefficient (Wildman–Crippen LogP) is 1.81. The van der Waals surface area contributed by atoms with Gasteiger partial charge in [-0.2, -0.15) is 0 Å². The maximum Gasteiger partial charge on any atom is 0.260 e. The number of nitrogens with two attached hydrogens (primary N) is 1. The molecular weight excluding hydrogens is 296 g/mol. The van der Waals surface area contributed by atoms with Gasteiger partial charge in [0, 0.05) is 13.6 Å². The second-order valence-corrected chi connectivity index (χ2v) is 4.82. The van der Waals surface area contributed by atoms with Crippen molar-refractivity contribution >= 4 is 21.8 Å². The van der Waals surface area contributed by atoms with Crippen LogP contribution in [0.25, 0.3) is 0 Å². The highest BCUT2D eigenvalue weighted by Gasteiger charge is 2.12. The van der Waals surface area contributed by atoms with Gasteiger partial charge in [0.05, 0.1) is 4.47 Å². The van der Waals surface area contributed by atoms with E-state index in [4.69, 9.17) is 10.5 Å². The molecule has 2 N–H and O–H groups in total. The number of nitrogens with zero attached hydrogens (tertiary/aromatic N) is 1. The smallest absolute Gasteiger partial charge is 0.260 e. The van der Waals surface area contributed by atoms with Gasteiger partial charge >= 0.3 is 0 Å². The van der Waals surface area contributed by atoms with Crippen molar-refractivity contribution in [1.82, 2.24) is 4.90 Å². The molecule has 100 valence electrons. The van der Waals surface area contributed by atoms with Crippen LogP contribution in [0.5, 0.6) is 5.75 Å². The van der Waals surface area contributed by atoms with Gasteiger partial charge in [0.1, 0.15) is 5.75 Å².